The number of aromatic nitrogens is 1. The molecule has 0 fully saturated rings. The summed E-state index contributed by atoms with van der Waals surface area (Å²) in [6, 6.07) is 16.1. The average molecular weight is 375 g/mol. The maximum Gasteiger partial charge on any atom is 0.136 e. The molecule has 0 radical (unpaired) electrons. The molecule has 0 aliphatic heterocycles. The van der Waals surface area contributed by atoms with Crippen molar-refractivity contribution >= 4 is 22.6 Å². The lowest BCUT2D eigenvalue weighted by Crippen LogP contribution is -1.93. The normalized spacial score (nSPS) is 11.1. The first-order chi connectivity index (χ1) is 13.1. The summed E-state index contributed by atoms with van der Waals surface area (Å²) in [5.74, 6) is 0.825. The molecule has 0 unspecified atom stereocenters. The zero-order chi connectivity index (χ0) is 19.2. The molecular formula is C22H21N3OS. The number of benzene rings is 2. The number of aryl methyl sites for hydroxylation is 2. The van der Waals surface area contributed by atoms with Gasteiger partial charge in [-0.25, -0.2) is 4.98 Å². The summed E-state index contributed by atoms with van der Waals surface area (Å²) < 4.78 is 5.43. The Bertz CT molecular complexity index is 997. The van der Waals surface area contributed by atoms with Crippen LogP contribution in [-0.4, -0.2) is 11.6 Å². The molecule has 0 amide bonds. The van der Waals surface area contributed by atoms with E-state index in [4.69, 9.17) is 4.74 Å². The van der Waals surface area contributed by atoms with Crippen molar-refractivity contribution in [2.24, 2.45) is 0 Å². The van der Waals surface area contributed by atoms with Crippen molar-refractivity contribution < 1.29 is 4.74 Å². The topological polar surface area (TPSA) is 57.9 Å². The Kier molecular flexibility index (Phi) is 5.90. The summed E-state index contributed by atoms with van der Waals surface area (Å²) in [7, 11) is 0. The average Bonchev–Trinajstić information content (AvgIpc) is 3.16. The van der Waals surface area contributed by atoms with Crippen LogP contribution in [0.2, 0.25) is 0 Å². The fraction of sp³-hybridized carbons (Fsp3) is 0.182. The number of thiazole rings is 1. The smallest absolute Gasteiger partial charge is 0.136 e. The molecule has 136 valence electrons. The molecule has 5 heteroatoms. The van der Waals surface area contributed by atoms with Crippen molar-refractivity contribution in [3.8, 4) is 23.1 Å². The van der Waals surface area contributed by atoms with Crippen LogP contribution in [0.15, 0.2) is 54.0 Å². The van der Waals surface area contributed by atoms with Gasteiger partial charge in [-0.2, -0.15) is 5.26 Å². The summed E-state index contributed by atoms with van der Waals surface area (Å²) in [4.78, 5) is 4.64. The summed E-state index contributed by atoms with van der Waals surface area (Å²) >= 11 is 1.47. The molecule has 2 aromatic carbocycles. The van der Waals surface area contributed by atoms with Gasteiger partial charge in [0.1, 0.15) is 22.4 Å². The summed E-state index contributed by atoms with van der Waals surface area (Å²) in [6.45, 7) is 6.77. The van der Waals surface area contributed by atoms with Crippen LogP contribution in [0.5, 0.6) is 5.75 Å². The largest absolute Gasteiger partial charge is 0.494 e. The lowest BCUT2D eigenvalue weighted by atomic mass is 10.1. The molecule has 1 heterocycles. The number of ether oxygens (including phenoxy) is 1. The van der Waals surface area contributed by atoms with Gasteiger partial charge in [0.25, 0.3) is 0 Å². The van der Waals surface area contributed by atoms with Crippen molar-refractivity contribution in [3.05, 3.63) is 70.2 Å². The predicted molar refractivity (Wildman–Crippen MR) is 112 cm³/mol. The van der Waals surface area contributed by atoms with Crippen molar-refractivity contribution in [2.45, 2.75) is 20.8 Å². The number of anilines is 1. The lowest BCUT2D eigenvalue weighted by Gasteiger charge is -2.05. The van der Waals surface area contributed by atoms with E-state index in [-0.39, 0.29) is 0 Å². The van der Waals surface area contributed by atoms with E-state index in [9.17, 15) is 5.26 Å². The summed E-state index contributed by atoms with van der Waals surface area (Å²) in [5.41, 5.74) is 5.83. The minimum absolute atomic E-state index is 0.504. The number of hydrogen-bond donors (Lipinski definition) is 1. The van der Waals surface area contributed by atoms with E-state index in [0.717, 1.165) is 22.7 Å². The van der Waals surface area contributed by atoms with Gasteiger partial charge in [0, 0.05) is 22.8 Å². The van der Waals surface area contributed by atoms with Gasteiger partial charge in [-0.15, -0.1) is 11.3 Å². The van der Waals surface area contributed by atoms with Gasteiger partial charge in [0.15, 0.2) is 0 Å². The van der Waals surface area contributed by atoms with E-state index < -0.39 is 0 Å². The highest BCUT2D eigenvalue weighted by Gasteiger charge is 2.09. The molecule has 0 aliphatic carbocycles. The highest BCUT2D eigenvalue weighted by Crippen LogP contribution is 2.27. The standard InChI is InChI=1S/C22H21N3OS/c1-4-26-20-9-7-19(8-10-20)24-13-18(12-23)22-25-21(14-27-22)17-6-5-15(2)16(3)11-17/h5-11,13-14,24H,4H2,1-3H3. The summed E-state index contributed by atoms with van der Waals surface area (Å²) in [5, 5.41) is 15.4. The second kappa shape index (κ2) is 8.52. The zero-order valence-electron chi connectivity index (χ0n) is 15.6. The minimum atomic E-state index is 0.504. The van der Waals surface area contributed by atoms with Gasteiger partial charge in [0.05, 0.1) is 12.3 Å². The van der Waals surface area contributed by atoms with E-state index in [0.29, 0.717) is 17.2 Å². The van der Waals surface area contributed by atoms with Gasteiger partial charge in [-0.3, -0.25) is 0 Å². The van der Waals surface area contributed by atoms with Gasteiger partial charge in [-0.05, 0) is 62.2 Å². The van der Waals surface area contributed by atoms with E-state index in [2.05, 4.69) is 48.4 Å². The maximum absolute atomic E-state index is 9.52. The highest BCUT2D eigenvalue weighted by molar-refractivity contribution is 7.11. The SMILES string of the molecule is CCOc1ccc(NC=C(C#N)c2nc(-c3ccc(C)c(C)c3)cs2)cc1. The van der Waals surface area contributed by atoms with Crippen LogP contribution in [0.4, 0.5) is 5.69 Å². The Labute approximate surface area is 163 Å². The van der Waals surface area contributed by atoms with E-state index in [1.807, 2.05) is 36.6 Å². The third-order valence-corrected chi connectivity index (χ3v) is 5.08. The van der Waals surface area contributed by atoms with Crippen LogP contribution in [0, 0.1) is 25.2 Å². The number of allylic oxidation sites excluding steroid dienone is 1. The molecule has 0 bridgehead atoms. The molecule has 0 atom stereocenters. The van der Waals surface area contributed by atoms with Crippen molar-refractivity contribution in [2.75, 3.05) is 11.9 Å². The number of nitrogens with one attached hydrogen (secondary N) is 1. The molecule has 0 saturated heterocycles. The van der Waals surface area contributed by atoms with Crippen LogP contribution >= 0.6 is 11.3 Å². The fourth-order valence-electron chi connectivity index (χ4n) is 2.54. The van der Waals surface area contributed by atoms with Crippen LogP contribution in [0.3, 0.4) is 0 Å². The highest BCUT2D eigenvalue weighted by atomic mass is 32.1. The zero-order valence-corrected chi connectivity index (χ0v) is 16.4. The maximum atomic E-state index is 9.52. The predicted octanol–water partition coefficient (Wildman–Crippen LogP) is 5.80. The van der Waals surface area contributed by atoms with Crippen LogP contribution in [0.25, 0.3) is 16.8 Å². The van der Waals surface area contributed by atoms with Gasteiger partial charge in [-0.1, -0.05) is 12.1 Å². The minimum Gasteiger partial charge on any atom is -0.494 e. The summed E-state index contributed by atoms with van der Waals surface area (Å²) in [6.07, 6.45) is 1.69. The monoisotopic (exact) mass is 375 g/mol. The Morgan fingerprint density at radius 2 is 1.96 bits per heavy atom. The molecule has 4 nitrogen and oxygen atoms in total. The van der Waals surface area contributed by atoms with Crippen LogP contribution in [-0.2, 0) is 0 Å². The number of nitrogens with zero attached hydrogens (tertiary/aromatic N) is 2. The Balaban J connectivity index is 1.77. The van der Waals surface area contributed by atoms with Crippen molar-refractivity contribution in [1.82, 2.24) is 4.98 Å². The lowest BCUT2D eigenvalue weighted by molar-refractivity contribution is 0.340. The van der Waals surface area contributed by atoms with Crippen LogP contribution in [0.1, 0.15) is 23.1 Å². The first-order valence-corrected chi connectivity index (χ1v) is 9.62. The second-order valence-corrected chi connectivity index (χ2v) is 6.97. The van der Waals surface area contributed by atoms with E-state index in [1.165, 1.54) is 22.5 Å². The van der Waals surface area contributed by atoms with Crippen LogP contribution < -0.4 is 10.1 Å². The fourth-order valence-corrected chi connectivity index (χ4v) is 3.34. The van der Waals surface area contributed by atoms with Crippen molar-refractivity contribution in [1.29, 1.82) is 5.26 Å². The molecule has 3 aromatic rings. The van der Waals surface area contributed by atoms with Crippen molar-refractivity contribution in [3.63, 3.8) is 0 Å². The van der Waals surface area contributed by atoms with E-state index in [1.54, 1.807) is 6.20 Å². The molecule has 27 heavy (non-hydrogen) atoms. The molecule has 0 saturated carbocycles. The Morgan fingerprint density at radius 3 is 2.63 bits per heavy atom. The van der Waals surface area contributed by atoms with E-state index >= 15 is 0 Å². The van der Waals surface area contributed by atoms with Gasteiger partial charge in [0.2, 0.25) is 0 Å². The number of nitriles is 1. The quantitative estimate of drug-likeness (QED) is 0.553. The molecule has 3 rings (SSSR count). The first kappa shape index (κ1) is 18.7. The third-order valence-electron chi connectivity index (χ3n) is 4.21. The number of hydrogen-bond acceptors (Lipinski definition) is 5. The third kappa shape index (κ3) is 4.55. The molecular weight excluding hydrogens is 354 g/mol. The molecule has 0 aliphatic rings. The Morgan fingerprint density at radius 1 is 1.19 bits per heavy atom. The van der Waals surface area contributed by atoms with Gasteiger partial charge < -0.3 is 10.1 Å². The molecule has 1 N–H and O–H groups in total. The number of rotatable bonds is 6. The van der Waals surface area contributed by atoms with Gasteiger partial charge >= 0.3 is 0 Å². The first-order valence-electron chi connectivity index (χ1n) is 8.74. The molecule has 1 aromatic heterocycles. The Hall–Kier alpha value is -3.10. The molecule has 0 spiro atoms. The second-order valence-electron chi connectivity index (χ2n) is 6.11.